The molecule has 0 N–H and O–H groups in total. The van der Waals surface area contributed by atoms with E-state index >= 15 is 0 Å². The molecule has 0 bridgehead atoms. The molecule has 5 aromatic carbocycles. The van der Waals surface area contributed by atoms with Crippen LogP contribution >= 0.6 is 0 Å². The van der Waals surface area contributed by atoms with E-state index in [1.165, 1.54) is 50.0 Å². The van der Waals surface area contributed by atoms with Crippen LogP contribution in [0, 0.1) is 5.41 Å². The predicted octanol–water partition coefficient (Wildman–Crippen LogP) is 15.4. The lowest BCUT2D eigenvalue weighted by Crippen LogP contribution is -2.31. The zero-order valence-corrected chi connectivity index (χ0v) is 39.6. The lowest BCUT2D eigenvalue weighted by molar-refractivity contribution is 0.475. The third-order valence-corrected chi connectivity index (χ3v) is 12.7. The molecule has 0 aliphatic carbocycles. The van der Waals surface area contributed by atoms with E-state index < -0.39 is 0 Å². The average Bonchev–Trinajstić information content (AvgIpc) is 3.81. The zero-order valence-electron chi connectivity index (χ0n) is 39.6. The molecule has 5 heteroatoms. The van der Waals surface area contributed by atoms with Crippen LogP contribution in [-0.4, -0.2) is 16.2 Å². The van der Waals surface area contributed by atoms with Gasteiger partial charge in [-0.1, -0.05) is 158 Å². The SMILES string of the molecule is CC(C)(C)C1=CN(c2cccc(C(C)(C)C)c2)CN1c1cc(Oc2cc(C(C)(C)c3ccccc3)c3c4ccccc4n(-c4cc(C(C)(C)C)ccn4)c3c2)cc(C(C)(C)C)c1. The van der Waals surface area contributed by atoms with Crippen LogP contribution in [0.2, 0.25) is 0 Å². The van der Waals surface area contributed by atoms with E-state index in [2.05, 4.69) is 239 Å². The molecule has 0 saturated carbocycles. The second kappa shape index (κ2) is 15.2. The standard InChI is InChI=1S/C57H66N4O/c1-53(2,3)39-23-20-24-42(29-39)59-36-50(56(10,11)12)60(37-59)43-30-41(55(7,8)9)31-44(33-43)62-45-34-47(57(13,14)38-21-16-15-17-22-38)52-46-25-18-19-26-48(46)61(49(52)35-45)51-32-40(27-28-58-51)54(4,5)6/h15-36H,37H2,1-14H3. The van der Waals surface area contributed by atoms with Crippen LogP contribution in [0.3, 0.4) is 0 Å². The summed E-state index contributed by atoms with van der Waals surface area (Å²) in [5, 5.41) is 2.41. The largest absolute Gasteiger partial charge is 0.457 e. The van der Waals surface area contributed by atoms with Gasteiger partial charge in [-0.3, -0.25) is 4.57 Å². The molecule has 0 unspecified atom stereocenters. The lowest BCUT2D eigenvalue weighted by Gasteiger charge is -2.32. The summed E-state index contributed by atoms with van der Waals surface area (Å²) in [7, 11) is 0. The van der Waals surface area contributed by atoms with Gasteiger partial charge in [-0.25, -0.2) is 4.98 Å². The van der Waals surface area contributed by atoms with Crippen molar-refractivity contribution in [2.45, 2.75) is 119 Å². The topological polar surface area (TPSA) is 33.5 Å². The molecular weight excluding hydrogens is 757 g/mol. The fourth-order valence-electron chi connectivity index (χ4n) is 8.87. The highest BCUT2D eigenvalue weighted by Gasteiger charge is 2.34. The number of fused-ring (bicyclic) bond motifs is 3. The Bertz CT molecular complexity index is 2810. The van der Waals surface area contributed by atoms with Crippen molar-refractivity contribution in [2.24, 2.45) is 5.41 Å². The minimum absolute atomic E-state index is 0.0359. The first-order valence-corrected chi connectivity index (χ1v) is 22.3. The molecule has 0 radical (unpaired) electrons. The van der Waals surface area contributed by atoms with Gasteiger partial charge in [0, 0.05) is 63.2 Å². The Labute approximate surface area is 371 Å². The molecule has 5 nitrogen and oxygen atoms in total. The first-order chi connectivity index (χ1) is 29.0. The lowest BCUT2D eigenvalue weighted by atomic mass is 9.76. The monoisotopic (exact) mass is 823 g/mol. The predicted molar refractivity (Wildman–Crippen MR) is 264 cm³/mol. The maximum absolute atomic E-state index is 7.25. The summed E-state index contributed by atoms with van der Waals surface area (Å²) >= 11 is 0. The van der Waals surface area contributed by atoms with E-state index in [0.717, 1.165) is 34.0 Å². The zero-order chi connectivity index (χ0) is 44.6. The number of para-hydroxylation sites is 1. The van der Waals surface area contributed by atoms with Crippen LogP contribution in [0.25, 0.3) is 27.6 Å². The Morgan fingerprint density at radius 1 is 0.500 bits per heavy atom. The first kappa shape index (κ1) is 42.9. The van der Waals surface area contributed by atoms with Crippen molar-refractivity contribution in [3.8, 4) is 17.3 Å². The second-order valence-electron chi connectivity index (χ2n) is 22.0. The quantitative estimate of drug-likeness (QED) is 0.160. The number of allylic oxidation sites excluding steroid dienone is 1. The fourth-order valence-corrected chi connectivity index (χ4v) is 8.87. The molecule has 62 heavy (non-hydrogen) atoms. The number of benzene rings is 5. The maximum Gasteiger partial charge on any atom is 0.137 e. The minimum atomic E-state index is -0.358. The summed E-state index contributed by atoms with van der Waals surface area (Å²) in [5.74, 6) is 2.50. The van der Waals surface area contributed by atoms with E-state index in [4.69, 9.17) is 9.72 Å². The Morgan fingerprint density at radius 2 is 1.11 bits per heavy atom. The van der Waals surface area contributed by atoms with Gasteiger partial charge >= 0.3 is 0 Å². The third-order valence-electron chi connectivity index (χ3n) is 12.7. The van der Waals surface area contributed by atoms with Crippen molar-refractivity contribution in [3.63, 3.8) is 0 Å². The normalized spacial score (nSPS) is 14.3. The number of nitrogens with zero attached hydrogens (tertiary/aromatic N) is 4. The highest BCUT2D eigenvalue weighted by atomic mass is 16.5. The number of rotatable bonds is 7. The average molecular weight is 823 g/mol. The van der Waals surface area contributed by atoms with Gasteiger partial charge in [-0.15, -0.1) is 0 Å². The van der Waals surface area contributed by atoms with Crippen molar-refractivity contribution >= 4 is 33.2 Å². The number of anilines is 2. The van der Waals surface area contributed by atoms with Gasteiger partial charge in [0.15, 0.2) is 0 Å². The van der Waals surface area contributed by atoms with Gasteiger partial charge in [0.2, 0.25) is 0 Å². The van der Waals surface area contributed by atoms with Crippen LogP contribution in [0.4, 0.5) is 11.4 Å². The van der Waals surface area contributed by atoms with E-state index in [9.17, 15) is 0 Å². The van der Waals surface area contributed by atoms with Gasteiger partial charge in [0.1, 0.15) is 17.3 Å². The van der Waals surface area contributed by atoms with Crippen LogP contribution in [0.5, 0.6) is 11.5 Å². The van der Waals surface area contributed by atoms with Crippen molar-refractivity contribution in [2.75, 3.05) is 16.5 Å². The van der Waals surface area contributed by atoms with Crippen LogP contribution in [0.1, 0.15) is 125 Å². The summed E-state index contributed by atoms with van der Waals surface area (Å²) in [6.45, 7) is 32.8. The molecule has 8 rings (SSSR count). The molecule has 0 atom stereocenters. The van der Waals surface area contributed by atoms with E-state index in [1.54, 1.807) is 0 Å². The molecule has 0 spiro atoms. The third kappa shape index (κ3) is 8.15. The summed E-state index contributed by atoms with van der Waals surface area (Å²) < 4.78 is 9.59. The van der Waals surface area contributed by atoms with Gasteiger partial charge in [-0.05, 0) is 92.6 Å². The molecule has 1 aliphatic rings. The maximum atomic E-state index is 7.25. The van der Waals surface area contributed by atoms with Gasteiger partial charge in [-0.2, -0.15) is 0 Å². The molecule has 0 fully saturated rings. The first-order valence-electron chi connectivity index (χ1n) is 22.3. The number of pyridine rings is 1. The summed E-state index contributed by atoms with van der Waals surface area (Å²) in [4.78, 5) is 9.91. The van der Waals surface area contributed by atoms with Crippen LogP contribution in [0.15, 0.2) is 139 Å². The van der Waals surface area contributed by atoms with Crippen molar-refractivity contribution in [3.05, 3.63) is 167 Å². The summed E-state index contributed by atoms with van der Waals surface area (Å²) in [5.41, 5.74) is 11.4. The molecular formula is C57H66N4O. The molecule has 0 saturated heterocycles. The molecule has 0 amide bonds. The fraction of sp³-hybridized carbons (Fsp3) is 0.351. The van der Waals surface area contributed by atoms with Crippen molar-refractivity contribution < 1.29 is 4.74 Å². The smallest absolute Gasteiger partial charge is 0.137 e. The highest BCUT2D eigenvalue weighted by Crippen LogP contribution is 2.46. The Morgan fingerprint density at radius 3 is 1.79 bits per heavy atom. The molecule has 320 valence electrons. The molecule has 1 aliphatic heterocycles. The van der Waals surface area contributed by atoms with E-state index in [-0.39, 0.29) is 27.1 Å². The van der Waals surface area contributed by atoms with Gasteiger partial charge in [0.05, 0.1) is 17.7 Å². The molecule has 2 aromatic heterocycles. The van der Waals surface area contributed by atoms with Crippen molar-refractivity contribution in [1.29, 1.82) is 0 Å². The van der Waals surface area contributed by atoms with Crippen LogP contribution in [-0.2, 0) is 21.7 Å². The number of hydrogen-bond acceptors (Lipinski definition) is 4. The van der Waals surface area contributed by atoms with Crippen LogP contribution < -0.4 is 14.5 Å². The summed E-state index contributed by atoms with van der Waals surface area (Å²) in [6.07, 6.45) is 4.30. The number of hydrogen-bond donors (Lipinski definition) is 0. The van der Waals surface area contributed by atoms with Gasteiger partial charge < -0.3 is 14.5 Å². The minimum Gasteiger partial charge on any atom is -0.457 e. The number of ether oxygens (including phenoxy) is 1. The Balaban J connectivity index is 1.32. The van der Waals surface area contributed by atoms with E-state index in [1.807, 2.05) is 6.20 Å². The second-order valence-corrected chi connectivity index (χ2v) is 22.0. The van der Waals surface area contributed by atoms with Crippen molar-refractivity contribution in [1.82, 2.24) is 9.55 Å². The Kier molecular flexibility index (Phi) is 10.5. The highest BCUT2D eigenvalue weighted by molar-refractivity contribution is 6.11. The summed E-state index contributed by atoms with van der Waals surface area (Å²) in [6, 6.07) is 44.4. The Hall–Kier alpha value is -5.81. The molecule has 3 heterocycles. The van der Waals surface area contributed by atoms with E-state index in [0.29, 0.717) is 6.67 Å². The van der Waals surface area contributed by atoms with Gasteiger partial charge in [0.25, 0.3) is 0 Å². The molecule has 7 aromatic rings. The number of aromatic nitrogens is 2.